The minimum Gasteiger partial charge on any atom is -0.354 e. The molecule has 2 rings (SSSR count). The summed E-state index contributed by atoms with van der Waals surface area (Å²) in [5.74, 6) is 0.857. The van der Waals surface area contributed by atoms with Gasteiger partial charge in [-0.15, -0.1) is 0 Å². The maximum Gasteiger partial charge on any atom is 0.251 e. The van der Waals surface area contributed by atoms with Crippen molar-refractivity contribution >= 4 is 11.9 Å². The molecule has 5 heteroatoms. The molecule has 1 amide bonds. The minimum atomic E-state index is 0.00253. The number of hydrogen-bond acceptors (Lipinski definition) is 2. The van der Waals surface area contributed by atoms with Gasteiger partial charge in [0.2, 0.25) is 0 Å². The summed E-state index contributed by atoms with van der Waals surface area (Å²) in [6.07, 6.45) is 8.50. The predicted octanol–water partition coefficient (Wildman–Crippen LogP) is 3.21. The number of aliphatic imine (C=N–C) groups is 1. The normalized spacial score (nSPS) is 15.7. The molecule has 5 nitrogen and oxygen atoms in total. The molecular weight excluding hydrogens is 312 g/mol. The highest BCUT2D eigenvalue weighted by Gasteiger charge is 2.14. The number of carbonyl (C=O) groups excluding carboxylic acids is 1. The van der Waals surface area contributed by atoms with Crippen molar-refractivity contribution in [2.45, 2.75) is 64.5 Å². The molecule has 0 atom stereocenters. The third kappa shape index (κ3) is 6.77. The van der Waals surface area contributed by atoms with Gasteiger partial charge in [-0.2, -0.15) is 0 Å². The monoisotopic (exact) mass is 344 g/mol. The van der Waals surface area contributed by atoms with Crippen molar-refractivity contribution in [1.82, 2.24) is 16.0 Å². The number of nitrogens with one attached hydrogen (secondary N) is 3. The Morgan fingerprint density at radius 1 is 1.12 bits per heavy atom. The summed E-state index contributed by atoms with van der Waals surface area (Å²) in [6.45, 7) is 3.55. The Hall–Kier alpha value is -2.04. The topological polar surface area (TPSA) is 65.5 Å². The maximum absolute atomic E-state index is 12.0. The first-order chi connectivity index (χ1) is 12.2. The Morgan fingerprint density at radius 2 is 1.84 bits per heavy atom. The van der Waals surface area contributed by atoms with E-state index in [4.69, 9.17) is 0 Å². The van der Waals surface area contributed by atoms with Crippen LogP contribution in [-0.2, 0) is 6.54 Å². The molecule has 1 aromatic rings. The van der Waals surface area contributed by atoms with Crippen LogP contribution in [0.2, 0.25) is 0 Å². The van der Waals surface area contributed by atoms with Gasteiger partial charge in [-0.1, -0.05) is 44.7 Å². The number of unbranched alkanes of at least 4 members (excludes halogenated alkanes) is 1. The van der Waals surface area contributed by atoms with Gasteiger partial charge in [0.25, 0.3) is 5.91 Å². The molecule has 0 heterocycles. The van der Waals surface area contributed by atoms with E-state index in [0.29, 0.717) is 18.2 Å². The third-order valence-electron chi connectivity index (χ3n) is 4.66. The van der Waals surface area contributed by atoms with Crippen LogP contribution in [0.15, 0.2) is 29.3 Å². The van der Waals surface area contributed by atoms with Gasteiger partial charge in [0.1, 0.15) is 0 Å². The summed E-state index contributed by atoms with van der Waals surface area (Å²) in [5, 5.41) is 9.81. The first-order valence-corrected chi connectivity index (χ1v) is 9.57. The van der Waals surface area contributed by atoms with Crippen molar-refractivity contribution in [3.8, 4) is 0 Å². The van der Waals surface area contributed by atoms with E-state index in [9.17, 15) is 4.79 Å². The van der Waals surface area contributed by atoms with E-state index in [2.05, 4.69) is 27.9 Å². The quantitative estimate of drug-likeness (QED) is 0.404. The van der Waals surface area contributed by atoms with E-state index < -0.39 is 0 Å². The molecule has 1 saturated carbocycles. The molecule has 0 bridgehead atoms. The smallest absolute Gasteiger partial charge is 0.251 e. The van der Waals surface area contributed by atoms with Crippen LogP contribution in [0.25, 0.3) is 0 Å². The lowest BCUT2D eigenvalue weighted by Crippen LogP contribution is -2.43. The summed E-state index contributed by atoms with van der Waals surface area (Å²) >= 11 is 0. The Labute approximate surface area is 151 Å². The molecule has 138 valence electrons. The first-order valence-electron chi connectivity index (χ1n) is 9.57. The van der Waals surface area contributed by atoms with Gasteiger partial charge in [-0.05, 0) is 37.0 Å². The average Bonchev–Trinajstić information content (AvgIpc) is 2.66. The number of benzene rings is 1. The van der Waals surface area contributed by atoms with E-state index >= 15 is 0 Å². The number of nitrogens with zero attached hydrogens (tertiary/aromatic N) is 1. The Bertz CT molecular complexity index is 547. The summed E-state index contributed by atoms with van der Waals surface area (Å²) < 4.78 is 0. The molecule has 0 unspecified atom stereocenters. The Kier molecular flexibility index (Phi) is 8.29. The lowest BCUT2D eigenvalue weighted by Gasteiger charge is -2.24. The first kappa shape index (κ1) is 19.3. The summed E-state index contributed by atoms with van der Waals surface area (Å²) in [4.78, 5) is 16.3. The van der Waals surface area contributed by atoms with Crippen LogP contribution >= 0.6 is 0 Å². The predicted molar refractivity (Wildman–Crippen MR) is 104 cm³/mol. The second-order valence-corrected chi connectivity index (χ2v) is 6.71. The molecule has 1 fully saturated rings. The molecule has 1 aliphatic carbocycles. The molecular formula is C20H32N4O. The van der Waals surface area contributed by atoms with E-state index in [1.54, 1.807) is 0 Å². The second kappa shape index (κ2) is 10.7. The molecule has 25 heavy (non-hydrogen) atoms. The number of carbonyl (C=O) groups is 1. The summed E-state index contributed by atoms with van der Waals surface area (Å²) in [5.41, 5.74) is 1.85. The van der Waals surface area contributed by atoms with E-state index in [1.165, 1.54) is 32.1 Å². The van der Waals surface area contributed by atoms with Crippen molar-refractivity contribution in [2.75, 3.05) is 13.6 Å². The van der Waals surface area contributed by atoms with Crippen LogP contribution in [0.1, 0.15) is 67.8 Å². The van der Waals surface area contributed by atoms with Gasteiger partial charge < -0.3 is 16.0 Å². The zero-order valence-electron chi connectivity index (χ0n) is 15.6. The summed E-state index contributed by atoms with van der Waals surface area (Å²) in [6, 6.07) is 8.30. The molecule has 0 spiro atoms. The van der Waals surface area contributed by atoms with Gasteiger partial charge in [0, 0.05) is 31.7 Å². The largest absolute Gasteiger partial charge is 0.354 e. The van der Waals surface area contributed by atoms with Gasteiger partial charge in [-0.25, -0.2) is 0 Å². The van der Waals surface area contributed by atoms with Crippen molar-refractivity contribution in [2.24, 2.45) is 4.99 Å². The Morgan fingerprint density at radius 3 is 2.48 bits per heavy atom. The molecule has 0 radical (unpaired) electrons. The van der Waals surface area contributed by atoms with Crippen molar-refractivity contribution in [3.05, 3.63) is 35.4 Å². The van der Waals surface area contributed by atoms with Crippen LogP contribution in [0, 0.1) is 0 Å². The zero-order chi connectivity index (χ0) is 17.9. The molecule has 0 aliphatic heterocycles. The van der Waals surface area contributed by atoms with Crippen LogP contribution in [0.5, 0.6) is 0 Å². The molecule has 0 aromatic heterocycles. The van der Waals surface area contributed by atoms with Crippen LogP contribution in [0.4, 0.5) is 0 Å². The van der Waals surface area contributed by atoms with Crippen molar-refractivity contribution in [1.29, 1.82) is 0 Å². The summed E-state index contributed by atoms with van der Waals surface area (Å²) in [7, 11) is 1.81. The SMILES string of the molecule is CCCCNC(=O)c1ccc(CNC(=NC)NC2CCCCC2)cc1. The number of guanidine groups is 1. The maximum atomic E-state index is 12.0. The van der Waals surface area contributed by atoms with Crippen LogP contribution < -0.4 is 16.0 Å². The minimum absolute atomic E-state index is 0.00253. The van der Waals surface area contributed by atoms with Crippen molar-refractivity contribution < 1.29 is 4.79 Å². The highest BCUT2D eigenvalue weighted by Crippen LogP contribution is 2.17. The van der Waals surface area contributed by atoms with Gasteiger partial charge >= 0.3 is 0 Å². The lowest BCUT2D eigenvalue weighted by atomic mass is 9.96. The Balaban J connectivity index is 1.78. The number of amides is 1. The molecule has 3 N–H and O–H groups in total. The van der Waals surface area contributed by atoms with Gasteiger partial charge in [-0.3, -0.25) is 9.79 Å². The van der Waals surface area contributed by atoms with Crippen molar-refractivity contribution in [3.63, 3.8) is 0 Å². The highest BCUT2D eigenvalue weighted by atomic mass is 16.1. The fourth-order valence-corrected chi connectivity index (χ4v) is 3.08. The number of hydrogen-bond donors (Lipinski definition) is 3. The molecule has 1 aromatic carbocycles. The van der Waals surface area contributed by atoms with Gasteiger partial charge in [0.05, 0.1) is 0 Å². The highest BCUT2D eigenvalue weighted by molar-refractivity contribution is 5.94. The average molecular weight is 345 g/mol. The second-order valence-electron chi connectivity index (χ2n) is 6.71. The number of rotatable bonds is 7. The zero-order valence-corrected chi connectivity index (χ0v) is 15.6. The third-order valence-corrected chi connectivity index (χ3v) is 4.66. The standard InChI is InChI=1S/C20H32N4O/c1-3-4-14-22-19(25)17-12-10-16(11-13-17)15-23-20(21-2)24-18-8-6-5-7-9-18/h10-13,18H,3-9,14-15H2,1-2H3,(H,22,25)(H2,21,23,24). The van der Waals surface area contributed by atoms with Gasteiger partial charge in [0.15, 0.2) is 5.96 Å². The van der Waals surface area contributed by atoms with Crippen LogP contribution in [-0.4, -0.2) is 31.5 Å². The molecule has 0 saturated heterocycles. The lowest BCUT2D eigenvalue weighted by molar-refractivity contribution is 0.0953. The van der Waals surface area contributed by atoms with E-state index in [1.807, 2.05) is 31.3 Å². The van der Waals surface area contributed by atoms with E-state index in [-0.39, 0.29) is 5.91 Å². The molecule has 1 aliphatic rings. The van der Waals surface area contributed by atoms with Crippen LogP contribution in [0.3, 0.4) is 0 Å². The van der Waals surface area contributed by atoms with E-state index in [0.717, 1.165) is 30.9 Å². The fraction of sp³-hybridized carbons (Fsp3) is 0.600. The fourth-order valence-electron chi connectivity index (χ4n) is 3.08.